The Morgan fingerprint density at radius 2 is 1.62 bits per heavy atom. The Hall–Kier alpha value is -2.91. The molecule has 2 amide bonds. The van der Waals surface area contributed by atoms with E-state index in [-0.39, 0.29) is 17.9 Å². The molecule has 184 valence electrons. The quantitative estimate of drug-likeness (QED) is 0.445. The highest BCUT2D eigenvalue weighted by Gasteiger charge is 2.41. The van der Waals surface area contributed by atoms with E-state index in [0.29, 0.717) is 0 Å². The molecule has 2 aromatic rings. The third kappa shape index (κ3) is 6.57. The molecule has 2 aromatic carbocycles. The summed E-state index contributed by atoms with van der Waals surface area (Å²) in [5, 5.41) is 0. The van der Waals surface area contributed by atoms with E-state index in [1.54, 1.807) is 66.7 Å². The second-order valence-corrected chi connectivity index (χ2v) is 9.13. The highest BCUT2D eigenvalue weighted by molar-refractivity contribution is 7.49. The molecule has 11 heteroatoms. The smallest absolute Gasteiger partial charge is 0.395 e. The minimum Gasteiger partial charge on any atom is -0.395 e. The number of urea groups is 1. The van der Waals surface area contributed by atoms with Crippen molar-refractivity contribution in [1.82, 2.24) is 9.80 Å². The van der Waals surface area contributed by atoms with Gasteiger partial charge >= 0.3 is 13.9 Å². The van der Waals surface area contributed by atoms with Crippen LogP contribution in [0.5, 0.6) is 11.5 Å². The third-order valence-electron chi connectivity index (χ3n) is 5.07. The fourth-order valence-corrected chi connectivity index (χ4v) is 4.26. The van der Waals surface area contributed by atoms with Gasteiger partial charge in [0, 0.05) is 19.7 Å². The van der Waals surface area contributed by atoms with E-state index < -0.39 is 38.7 Å². The molecule has 1 aliphatic rings. The van der Waals surface area contributed by atoms with Gasteiger partial charge in [0.2, 0.25) is 5.85 Å². The third-order valence-corrected chi connectivity index (χ3v) is 6.39. The van der Waals surface area contributed by atoms with Gasteiger partial charge in [-0.2, -0.15) is 0 Å². The summed E-state index contributed by atoms with van der Waals surface area (Å²) in [6, 6.07) is 16.1. The van der Waals surface area contributed by atoms with Crippen LogP contribution in [0, 0.1) is 0 Å². The Morgan fingerprint density at radius 3 is 2.12 bits per heavy atom. The van der Waals surface area contributed by atoms with Crippen LogP contribution in [0.1, 0.15) is 20.3 Å². The zero-order valence-corrected chi connectivity index (χ0v) is 20.1. The van der Waals surface area contributed by atoms with Gasteiger partial charge in [-0.3, -0.25) is 9.42 Å². The lowest BCUT2D eigenvalue weighted by Crippen LogP contribution is -2.54. The minimum absolute atomic E-state index is 0.158. The molecular weight excluding hydrogens is 464 g/mol. The van der Waals surface area contributed by atoms with E-state index in [9.17, 15) is 9.36 Å². The molecule has 0 radical (unpaired) electrons. The van der Waals surface area contributed by atoms with E-state index in [4.69, 9.17) is 24.0 Å². The van der Waals surface area contributed by atoms with Crippen LogP contribution in [0.4, 0.5) is 9.18 Å². The molecule has 1 aliphatic heterocycles. The summed E-state index contributed by atoms with van der Waals surface area (Å²) in [7, 11) is -2.79. The van der Waals surface area contributed by atoms with E-state index >= 15 is 4.39 Å². The largest absolute Gasteiger partial charge is 0.587 e. The number of hydrogen-bond acceptors (Lipinski definition) is 7. The predicted molar refractivity (Wildman–Crippen MR) is 124 cm³/mol. The summed E-state index contributed by atoms with van der Waals surface area (Å²) in [5.41, 5.74) is 5.80. The maximum absolute atomic E-state index is 15.7. The Kier molecular flexibility index (Phi) is 8.33. The molecule has 3 atom stereocenters. The lowest BCUT2D eigenvalue weighted by molar-refractivity contribution is -0.216. The SMILES string of the molecule is CC[C@@](F)(COP(=O)(Oc1ccccc1)Oc1ccccc1)OC(C)N1C=CC(N)N(C)C1=O. The van der Waals surface area contributed by atoms with Crippen molar-refractivity contribution >= 4 is 13.9 Å². The summed E-state index contributed by atoms with van der Waals surface area (Å²) in [6.45, 7) is 2.27. The fourth-order valence-electron chi connectivity index (χ4n) is 3.01. The number of likely N-dealkylation sites (N-methyl/N-ethyl adjacent to an activating group) is 1. The Morgan fingerprint density at radius 1 is 1.09 bits per heavy atom. The molecule has 0 fully saturated rings. The average molecular weight is 493 g/mol. The molecule has 0 saturated heterocycles. The number of carbonyl (C=O) groups excluding carboxylic acids is 1. The number of phosphoric ester groups is 1. The number of hydrogen-bond donors (Lipinski definition) is 1. The molecular formula is C23H29FN3O6P. The second kappa shape index (κ2) is 11.0. The van der Waals surface area contributed by atoms with Gasteiger partial charge in [0.1, 0.15) is 30.5 Å². The number of amides is 2. The van der Waals surface area contributed by atoms with Crippen molar-refractivity contribution in [3.05, 3.63) is 72.9 Å². The van der Waals surface area contributed by atoms with Gasteiger partial charge in [-0.05, 0) is 37.3 Å². The maximum Gasteiger partial charge on any atom is 0.587 e. The lowest BCUT2D eigenvalue weighted by Gasteiger charge is -2.38. The molecule has 2 N–H and O–H groups in total. The maximum atomic E-state index is 15.7. The number of rotatable bonds is 11. The molecule has 2 unspecified atom stereocenters. The van der Waals surface area contributed by atoms with Crippen LogP contribution < -0.4 is 14.8 Å². The van der Waals surface area contributed by atoms with Gasteiger partial charge in [-0.1, -0.05) is 43.3 Å². The molecule has 0 spiro atoms. The number of nitrogens with zero attached hydrogens (tertiary/aromatic N) is 2. The Bertz CT molecular complexity index is 982. The van der Waals surface area contributed by atoms with E-state index in [1.165, 1.54) is 36.9 Å². The highest BCUT2D eigenvalue weighted by Crippen LogP contribution is 2.50. The van der Waals surface area contributed by atoms with Crippen molar-refractivity contribution in [2.24, 2.45) is 5.73 Å². The normalized spacial score (nSPS) is 19.0. The van der Waals surface area contributed by atoms with Crippen LogP contribution >= 0.6 is 7.82 Å². The van der Waals surface area contributed by atoms with Crippen LogP contribution in [0.3, 0.4) is 0 Å². The molecule has 3 rings (SSSR count). The molecule has 34 heavy (non-hydrogen) atoms. The summed E-state index contributed by atoms with van der Waals surface area (Å²) in [4.78, 5) is 15.0. The lowest BCUT2D eigenvalue weighted by atomic mass is 10.2. The van der Waals surface area contributed by atoms with Crippen molar-refractivity contribution in [1.29, 1.82) is 0 Å². The first kappa shape index (κ1) is 25.7. The van der Waals surface area contributed by atoms with Crippen molar-refractivity contribution < 1.29 is 32.1 Å². The number of para-hydroxylation sites is 2. The molecule has 0 saturated carbocycles. The number of halogens is 1. The van der Waals surface area contributed by atoms with Crippen LogP contribution in [-0.4, -0.2) is 47.7 Å². The van der Waals surface area contributed by atoms with E-state index in [2.05, 4.69) is 0 Å². The van der Waals surface area contributed by atoms with Gasteiger partial charge < -0.3 is 24.4 Å². The van der Waals surface area contributed by atoms with Crippen LogP contribution in [-0.2, 0) is 13.8 Å². The van der Waals surface area contributed by atoms with Gasteiger partial charge in [0.25, 0.3) is 0 Å². The summed E-state index contributed by atoms with van der Waals surface area (Å²) in [5.74, 6) is -1.96. The predicted octanol–water partition coefficient (Wildman–Crippen LogP) is 4.87. The number of nitrogens with two attached hydrogens (primary N) is 1. The van der Waals surface area contributed by atoms with Crippen LogP contribution in [0.2, 0.25) is 0 Å². The topological polar surface area (TPSA) is 104 Å². The van der Waals surface area contributed by atoms with Gasteiger partial charge in [-0.25, -0.2) is 13.8 Å². The van der Waals surface area contributed by atoms with Crippen molar-refractivity contribution in [3.63, 3.8) is 0 Å². The first-order chi connectivity index (χ1) is 16.1. The van der Waals surface area contributed by atoms with Crippen molar-refractivity contribution in [2.45, 2.75) is 38.5 Å². The zero-order valence-electron chi connectivity index (χ0n) is 19.2. The number of ether oxygens (including phenoxy) is 1. The summed E-state index contributed by atoms with van der Waals surface area (Å²) < 4.78 is 51.1. The van der Waals surface area contributed by atoms with Crippen LogP contribution in [0.25, 0.3) is 0 Å². The Balaban J connectivity index is 1.74. The zero-order chi connectivity index (χ0) is 24.8. The van der Waals surface area contributed by atoms with E-state index in [1.807, 2.05) is 0 Å². The summed E-state index contributed by atoms with van der Waals surface area (Å²) in [6.07, 6.45) is 1.28. The van der Waals surface area contributed by atoms with Gasteiger partial charge in [0.05, 0.1) is 0 Å². The molecule has 1 heterocycles. The Labute approximate surface area is 198 Å². The second-order valence-electron chi connectivity index (χ2n) is 7.62. The number of alkyl halides is 1. The number of phosphoric acid groups is 1. The number of benzene rings is 2. The first-order valence-electron chi connectivity index (χ1n) is 10.7. The van der Waals surface area contributed by atoms with Crippen molar-refractivity contribution in [3.8, 4) is 11.5 Å². The highest BCUT2D eigenvalue weighted by atomic mass is 31.2. The first-order valence-corrected chi connectivity index (χ1v) is 12.2. The molecule has 0 aromatic heterocycles. The fraction of sp³-hybridized carbons (Fsp3) is 0.348. The molecule has 9 nitrogen and oxygen atoms in total. The summed E-state index contributed by atoms with van der Waals surface area (Å²) >= 11 is 0. The van der Waals surface area contributed by atoms with E-state index in [0.717, 1.165) is 0 Å². The van der Waals surface area contributed by atoms with Gasteiger partial charge in [0.15, 0.2) is 0 Å². The standard InChI is InChI=1S/C23H29FN3O6P/c1-4-23(24,31-18(2)27-16-15-21(25)26(3)22(27)28)17-30-34(29,32-19-11-7-5-8-12-19)33-20-13-9-6-10-14-20/h5-16,18,21H,4,17,25H2,1-3H3/t18?,21?,23-/m0/s1. The monoisotopic (exact) mass is 493 g/mol. The average Bonchev–Trinajstić information content (AvgIpc) is 2.82. The number of carbonyl (C=O) groups is 1. The molecule has 0 bridgehead atoms. The van der Waals surface area contributed by atoms with Gasteiger partial charge in [-0.15, -0.1) is 0 Å². The minimum atomic E-state index is -4.32. The molecule has 0 aliphatic carbocycles. The van der Waals surface area contributed by atoms with Crippen LogP contribution in [0.15, 0.2) is 72.9 Å². The van der Waals surface area contributed by atoms with Crippen molar-refractivity contribution in [2.75, 3.05) is 13.7 Å².